The highest BCUT2D eigenvalue weighted by Gasteiger charge is 2.21. The maximum absolute atomic E-state index is 11.1. The van der Waals surface area contributed by atoms with Crippen LogP contribution in [0.4, 0.5) is 0 Å². The molecule has 0 aromatic heterocycles. The van der Waals surface area contributed by atoms with Crippen molar-refractivity contribution in [1.82, 2.24) is 10.3 Å². The van der Waals surface area contributed by atoms with Crippen molar-refractivity contribution in [3.8, 4) is 0 Å². The molecule has 0 aliphatic carbocycles. The molecule has 0 spiro atoms. The summed E-state index contributed by atoms with van der Waals surface area (Å²) in [6.07, 6.45) is 0. The lowest BCUT2D eigenvalue weighted by molar-refractivity contribution is -0.126. The first-order valence-corrected chi connectivity index (χ1v) is 4.25. The van der Waals surface area contributed by atoms with Gasteiger partial charge in [0.1, 0.15) is 0 Å². The molecule has 0 aliphatic rings. The molecule has 0 radical (unpaired) electrons. The van der Waals surface area contributed by atoms with Crippen LogP contribution in [0.5, 0.6) is 0 Å². The summed E-state index contributed by atoms with van der Waals surface area (Å²) in [5.41, 5.74) is 2.16. The smallest absolute Gasteiger partial charge is 0.238 e. The third kappa shape index (κ3) is 2.79. The quantitative estimate of drug-likeness (QED) is 0.356. The van der Waals surface area contributed by atoms with Crippen molar-refractivity contribution in [1.29, 1.82) is 0 Å². The van der Waals surface area contributed by atoms with E-state index >= 15 is 0 Å². The summed E-state index contributed by atoms with van der Waals surface area (Å²) in [6, 6.07) is 0.221. The first-order chi connectivity index (χ1) is 5.54. The minimum atomic E-state index is -0.109. The zero-order chi connectivity index (χ0) is 9.72. The summed E-state index contributed by atoms with van der Waals surface area (Å²) >= 11 is 0. The lowest BCUT2D eigenvalue weighted by Crippen LogP contribution is -2.44. The molecule has 3 N–H and O–H groups in total. The third-order valence-corrected chi connectivity index (χ3v) is 2.47. The zero-order valence-electron chi connectivity index (χ0n) is 8.29. The Labute approximate surface area is 74.1 Å². The molecule has 12 heavy (non-hydrogen) atoms. The monoisotopic (exact) mass is 173 g/mol. The van der Waals surface area contributed by atoms with E-state index in [-0.39, 0.29) is 17.9 Å². The molecule has 1 amide bonds. The van der Waals surface area contributed by atoms with E-state index in [2.05, 4.69) is 17.2 Å². The van der Waals surface area contributed by atoms with Gasteiger partial charge in [-0.05, 0) is 20.5 Å². The van der Waals surface area contributed by atoms with Crippen molar-refractivity contribution in [2.45, 2.75) is 26.8 Å². The Hall–Kier alpha value is -0.610. The highest BCUT2D eigenvalue weighted by atomic mass is 16.2. The molecule has 4 nitrogen and oxygen atoms in total. The van der Waals surface area contributed by atoms with E-state index in [1.165, 1.54) is 0 Å². The van der Waals surface area contributed by atoms with E-state index in [9.17, 15) is 4.79 Å². The minimum absolute atomic E-state index is 0.0695. The van der Waals surface area contributed by atoms with E-state index in [0.29, 0.717) is 0 Å². The second-order valence-electron chi connectivity index (χ2n) is 3.11. The second kappa shape index (κ2) is 5.11. The Bertz CT molecular complexity index is 149. The van der Waals surface area contributed by atoms with Crippen molar-refractivity contribution in [3.63, 3.8) is 0 Å². The van der Waals surface area contributed by atoms with Gasteiger partial charge in [0.15, 0.2) is 0 Å². The second-order valence-corrected chi connectivity index (χ2v) is 3.11. The van der Waals surface area contributed by atoms with Crippen LogP contribution in [-0.4, -0.2) is 30.4 Å². The van der Waals surface area contributed by atoms with Gasteiger partial charge in [-0.3, -0.25) is 10.2 Å². The number of nitrogens with one attached hydrogen (secondary N) is 1. The summed E-state index contributed by atoms with van der Waals surface area (Å²) in [7, 11) is 1.99. The third-order valence-electron chi connectivity index (χ3n) is 2.47. The van der Waals surface area contributed by atoms with Crippen LogP contribution in [0.1, 0.15) is 20.8 Å². The summed E-state index contributed by atoms with van der Waals surface area (Å²) in [5, 5.41) is 0. The van der Waals surface area contributed by atoms with Crippen LogP contribution in [0, 0.1) is 5.92 Å². The van der Waals surface area contributed by atoms with Crippen LogP contribution < -0.4 is 11.3 Å². The molecular weight excluding hydrogens is 154 g/mol. The van der Waals surface area contributed by atoms with Gasteiger partial charge in [0.25, 0.3) is 0 Å². The molecule has 0 saturated carbocycles. The van der Waals surface area contributed by atoms with E-state index in [0.717, 1.165) is 6.54 Å². The molecule has 2 unspecified atom stereocenters. The summed E-state index contributed by atoms with van der Waals surface area (Å²) < 4.78 is 0. The molecule has 0 rings (SSSR count). The van der Waals surface area contributed by atoms with Crippen LogP contribution in [-0.2, 0) is 4.79 Å². The standard InChI is InChI=1S/C8H19N3O/c1-5-11(4)7(3)6(2)8(12)10-9/h6-7H,5,9H2,1-4H3,(H,10,12). The van der Waals surface area contributed by atoms with E-state index < -0.39 is 0 Å². The Morgan fingerprint density at radius 1 is 1.58 bits per heavy atom. The van der Waals surface area contributed by atoms with Crippen molar-refractivity contribution in [2.75, 3.05) is 13.6 Å². The molecule has 0 fully saturated rings. The molecule has 2 atom stereocenters. The van der Waals surface area contributed by atoms with Gasteiger partial charge in [-0.15, -0.1) is 0 Å². The first-order valence-electron chi connectivity index (χ1n) is 4.25. The zero-order valence-corrected chi connectivity index (χ0v) is 8.29. The van der Waals surface area contributed by atoms with Crippen molar-refractivity contribution < 1.29 is 4.79 Å². The number of nitrogens with zero attached hydrogens (tertiary/aromatic N) is 1. The molecule has 4 heteroatoms. The normalized spacial score (nSPS) is 15.8. The van der Waals surface area contributed by atoms with Gasteiger partial charge < -0.3 is 4.90 Å². The van der Waals surface area contributed by atoms with Gasteiger partial charge in [-0.2, -0.15) is 0 Å². The van der Waals surface area contributed by atoms with Gasteiger partial charge in [0, 0.05) is 6.04 Å². The van der Waals surface area contributed by atoms with Crippen molar-refractivity contribution in [2.24, 2.45) is 11.8 Å². The summed E-state index contributed by atoms with van der Waals surface area (Å²) in [5.74, 6) is 4.86. The van der Waals surface area contributed by atoms with E-state index in [4.69, 9.17) is 5.84 Å². The Balaban J connectivity index is 4.08. The number of nitrogens with two attached hydrogens (primary N) is 1. The first kappa shape index (κ1) is 11.4. The molecular formula is C8H19N3O. The molecule has 0 aromatic rings. The number of hydrogen-bond donors (Lipinski definition) is 2. The maximum atomic E-state index is 11.1. The lowest BCUT2D eigenvalue weighted by atomic mass is 10.0. The molecule has 0 saturated heterocycles. The number of rotatable bonds is 4. The highest BCUT2D eigenvalue weighted by Crippen LogP contribution is 2.08. The predicted molar refractivity (Wildman–Crippen MR) is 49.3 cm³/mol. The van der Waals surface area contributed by atoms with Gasteiger partial charge in [-0.1, -0.05) is 13.8 Å². The Morgan fingerprint density at radius 2 is 2.08 bits per heavy atom. The summed E-state index contributed by atoms with van der Waals surface area (Å²) in [4.78, 5) is 13.2. The fraction of sp³-hybridized carbons (Fsp3) is 0.875. The topological polar surface area (TPSA) is 58.4 Å². The fourth-order valence-electron chi connectivity index (χ4n) is 1.02. The van der Waals surface area contributed by atoms with Crippen LogP contribution in [0.2, 0.25) is 0 Å². The Morgan fingerprint density at radius 3 is 2.42 bits per heavy atom. The van der Waals surface area contributed by atoms with Gasteiger partial charge in [0.05, 0.1) is 5.92 Å². The minimum Gasteiger partial charge on any atom is -0.303 e. The number of amides is 1. The molecule has 0 aromatic carbocycles. The number of hydrazine groups is 1. The largest absolute Gasteiger partial charge is 0.303 e. The van der Waals surface area contributed by atoms with Crippen LogP contribution in [0.3, 0.4) is 0 Å². The molecule has 72 valence electrons. The van der Waals surface area contributed by atoms with Crippen molar-refractivity contribution >= 4 is 5.91 Å². The number of hydrogen-bond acceptors (Lipinski definition) is 3. The Kier molecular flexibility index (Phi) is 4.85. The lowest BCUT2D eigenvalue weighted by Gasteiger charge is -2.27. The number of carbonyl (C=O) groups excluding carboxylic acids is 1. The molecule has 0 bridgehead atoms. The molecule has 0 heterocycles. The van der Waals surface area contributed by atoms with Gasteiger partial charge in [-0.25, -0.2) is 5.84 Å². The predicted octanol–water partition coefficient (Wildman–Crippen LogP) is -0.0474. The van der Waals surface area contributed by atoms with Gasteiger partial charge in [0.2, 0.25) is 5.91 Å². The fourth-order valence-corrected chi connectivity index (χ4v) is 1.02. The van der Waals surface area contributed by atoms with Crippen LogP contribution in [0.25, 0.3) is 0 Å². The van der Waals surface area contributed by atoms with Crippen LogP contribution >= 0.6 is 0 Å². The van der Waals surface area contributed by atoms with Crippen LogP contribution in [0.15, 0.2) is 0 Å². The van der Waals surface area contributed by atoms with Crippen molar-refractivity contribution in [3.05, 3.63) is 0 Å². The molecule has 0 aliphatic heterocycles. The highest BCUT2D eigenvalue weighted by molar-refractivity contribution is 5.78. The average molecular weight is 173 g/mol. The van der Waals surface area contributed by atoms with E-state index in [1.54, 1.807) is 0 Å². The number of carbonyl (C=O) groups is 1. The van der Waals surface area contributed by atoms with Gasteiger partial charge >= 0.3 is 0 Å². The maximum Gasteiger partial charge on any atom is 0.238 e. The average Bonchev–Trinajstić information content (AvgIpc) is 2.12. The SMILES string of the molecule is CCN(C)C(C)C(C)C(=O)NN. The van der Waals surface area contributed by atoms with E-state index in [1.807, 2.05) is 20.9 Å². The summed E-state index contributed by atoms with van der Waals surface area (Å²) in [6.45, 7) is 6.88.